The predicted octanol–water partition coefficient (Wildman–Crippen LogP) is 3.85. The lowest BCUT2D eigenvalue weighted by Gasteiger charge is -2.15. The molecule has 1 unspecified atom stereocenters. The van der Waals surface area contributed by atoms with Crippen LogP contribution in [-0.4, -0.2) is 15.5 Å². The van der Waals surface area contributed by atoms with E-state index in [1.165, 1.54) is 16.7 Å². The molecule has 0 bridgehead atoms. The van der Waals surface area contributed by atoms with Crippen molar-refractivity contribution >= 4 is 29.0 Å². The van der Waals surface area contributed by atoms with Crippen LogP contribution in [-0.2, 0) is 6.54 Å². The summed E-state index contributed by atoms with van der Waals surface area (Å²) in [5.74, 6) is -2.33. The molecule has 27 heavy (non-hydrogen) atoms. The van der Waals surface area contributed by atoms with Crippen LogP contribution in [0.5, 0.6) is 0 Å². The molecule has 2 aromatic carbocycles. The van der Waals surface area contributed by atoms with Crippen molar-refractivity contribution in [3.63, 3.8) is 0 Å². The number of halogens is 2. The molecule has 1 amide bonds. The van der Waals surface area contributed by atoms with Crippen LogP contribution in [0.15, 0.2) is 41.2 Å². The number of nitrogens with one attached hydrogen (secondary N) is 2. The Morgan fingerprint density at radius 2 is 1.96 bits per heavy atom. The number of hydrogen-bond donors (Lipinski definition) is 2. The topological polar surface area (TPSA) is 66.9 Å². The van der Waals surface area contributed by atoms with E-state index in [4.69, 9.17) is 12.2 Å². The number of nitrogens with zero attached hydrogens (tertiary/aromatic N) is 1. The Bertz CT molecular complexity index is 1150. The van der Waals surface area contributed by atoms with Crippen molar-refractivity contribution in [2.45, 2.75) is 26.4 Å². The van der Waals surface area contributed by atoms with Gasteiger partial charge in [-0.15, -0.1) is 0 Å². The molecule has 0 fully saturated rings. The molecular weight excluding hydrogens is 372 g/mol. The van der Waals surface area contributed by atoms with Crippen LogP contribution in [0.2, 0.25) is 0 Å². The number of rotatable bonds is 4. The van der Waals surface area contributed by atoms with Crippen LogP contribution >= 0.6 is 12.2 Å². The number of carbonyl (C=O) groups excluding carboxylic acids is 1. The summed E-state index contributed by atoms with van der Waals surface area (Å²) in [4.78, 5) is 27.9. The summed E-state index contributed by atoms with van der Waals surface area (Å²) < 4.78 is 28.1. The number of aromatic nitrogens is 2. The fourth-order valence-corrected chi connectivity index (χ4v) is 3.15. The van der Waals surface area contributed by atoms with Crippen LogP contribution in [0.4, 0.5) is 8.78 Å². The van der Waals surface area contributed by atoms with Crippen molar-refractivity contribution in [3.8, 4) is 0 Å². The van der Waals surface area contributed by atoms with Gasteiger partial charge in [0.05, 0.1) is 16.9 Å². The van der Waals surface area contributed by atoms with E-state index in [2.05, 4.69) is 10.3 Å². The van der Waals surface area contributed by atoms with Crippen molar-refractivity contribution in [2.24, 2.45) is 0 Å². The SMILES string of the molecule is CCn1c(=S)[nH]c2cc(C(=O)NC(C)c3ccc(F)c(F)c3)ccc2c1=O. The number of aromatic amines is 1. The van der Waals surface area contributed by atoms with Gasteiger partial charge in [-0.05, 0) is 62.0 Å². The number of carbonyl (C=O) groups is 1. The Hall–Kier alpha value is -2.87. The average molecular weight is 389 g/mol. The molecule has 0 spiro atoms. The van der Waals surface area contributed by atoms with Gasteiger partial charge < -0.3 is 10.3 Å². The number of benzene rings is 2. The molecule has 140 valence electrons. The molecule has 2 N–H and O–H groups in total. The molecule has 1 atom stereocenters. The van der Waals surface area contributed by atoms with E-state index in [9.17, 15) is 18.4 Å². The molecule has 1 aromatic heterocycles. The zero-order chi connectivity index (χ0) is 19.7. The van der Waals surface area contributed by atoms with E-state index in [0.717, 1.165) is 12.1 Å². The Kier molecular flexibility index (Phi) is 5.18. The van der Waals surface area contributed by atoms with Gasteiger partial charge in [-0.1, -0.05) is 6.07 Å². The maximum Gasteiger partial charge on any atom is 0.262 e. The molecule has 0 aliphatic carbocycles. The van der Waals surface area contributed by atoms with E-state index >= 15 is 0 Å². The maximum absolute atomic E-state index is 13.4. The molecule has 0 saturated carbocycles. The molecule has 8 heteroatoms. The lowest BCUT2D eigenvalue weighted by Crippen LogP contribution is -2.27. The van der Waals surface area contributed by atoms with Gasteiger partial charge in [-0.25, -0.2) is 8.78 Å². The first-order valence-corrected chi connectivity index (χ1v) is 8.75. The molecular formula is C19H17F2N3O2S. The Labute approximate surface area is 158 Å². The van der Waals surface area contributed by atoms with Gasteiger partial charge >= 0.3 is 0 Å². The molecule has 3 rings (SSSR count). The third-order valence-corrected chi connectivity index (χ3v) is 4.67. The maximum atomic E-state index is 13.4. The highest BCUT2D eigenvalue weighted by atomic mass is 32.1. The van der Waals surface area contributed by atoms with E-state index in [0.29, 0.717) is 28.6 Å². The number of amides is 1. The van der Waals surface area contributed by atoms with Crippen molar-refractivity contribution < 1.29 is 13.6 Å². The quantitative estimate of drug-likeness (QED) is 0.666. The van der Waals surface area contributed by atoms with Crippen LogP contribution in [0.25, 0.3) is 10.9 Å². The Balaban J connectivity index is 1.90. The van der Waals surface area contributed by atoms with Crippen LogP contribution < -0.4 is 10.9 Å². The molecule has 5 nitrogen and oxygen atoms in total. The largest absolute Gasteiger partial charge is 0.346 e. The minimum absolute atomic E-state index is 0.224. The fraction of sp³-hybridized carbons (Fsp3) is 0.211. The summed E-state index contributed by atoms with van der Waals surface area (Å²) in [7, 11) is 0. The number of H-pyrrole nitrogens is 1. The van der Waals surface area contributed by atoms with Gasteiger partial charge in [0.1, 0.15) is 0 Å². The van der Waals surface area contributed by atoms with E-state index in [1.54, 1.807) is 19.1 Å². The lowest BCUT2D eigenvalue weighted by molar-refractivity contribution is 0.0940. The molecule has 0 aliphatic rings. The third-order valence-electron chi connectivity index (χ3n) is 4.35. The Morgan fingerprint density at radius 3 is 2.63 bits per heavy atom. The first-order valence-electron chi connectivity index (χ1n) is 8.34. The van der Waals surface area contributed by atoms with E-state index in [-0.39, 0.29) is 10.3 Å². The van der Waals surface area contributed by atoms with Crippen molar-refractivity contribution in [1.29, 1.82) is 0 Å². The van der Waals surface area contributed by atoms with Crippen molar-refractivity contribution in [1.82, 2.24) is 14.9 Å². The number of fused-ring (bicyclic) bond motifs is 1. The van der Waals surface area contributed by atoms with Gasteiger partial charge in [0.25, 0.3) is 11.5 Å². The third kappa shape index (κ3) is 3.66. The smallest absolute Gasteiger partial charge is 0.262 e. The van der Waals surface area contributed by atoms with Gasteiger partial charge in [-0.2, -0.15) is 0 Å². The minimum Gasteiger partial charge on any atom is -0.346 e. The first kappa shape index (κ1) is 18.9. The zero-order valence-corrected chi connectivity index (χ0v) is 15.5. The predicted molar refractivity (Wildman–Crippen MR) is 101 cm³/mol. The highest BCUT2D eigenvalue weighted by molar-refractivity contribution is 7.71. The number of hydrogen-bond acceptors (Lipinski definition) is 3. The van der Waals surface area contributed by atoms with Crippen molar-refractivity contribution in [2.75, 3.05) is 0 Å². The molecule has 3 aromatic rings. The minimum atomic E-state index is -0.973. The van der Waals surface area contributed by atoms with Crippen molar-refractivity contribution in [3.05, 3.63) is 74.3 Å². The monoisotopic (exact) mass is 389 g/mol. The normalized spacial score (nSPS) is 12.1. The summed E-state index contributed by atoms with van der Waals surface area (Å²) in [6.45, 7) is 3.93. The molecule has 0 aliphatic heterocycles. The molecule has 1 heterocycles. The highest BCUT2D eigenvalue weighted by Gasteiger charge is 2.15. The summed E-state index contributed by atoms with van der Waals surface area (Å²) in [5, 5.41) is 3.15. The standard InChI is InChI=1S/C19H17F2N3O2S/c1-3-24-18(26)13-6-4-12(9-16(13)23-19(24)27)17(25)22-10(2)11-5-7-14(20)15(21)8-11/h4-10H,3H2,1-2H3,(H,22,25)(H,23,27). The second kappa shape index (κ2) is 7.40. The molecule has 0 radical (unpaired) electrons. The van der Waals surface area contributed by atoms with Crippen LogP contribution in [0.3, 0.4) is 0 Å². The Morgan fingerprint density at radius 1 is 1.22 bits per heavy atom. The highest BCUT2D eigenvalue weighted by Crippen LogP contribution is 2.17. The average Bonchev–Trinajstić information content (AvgIpc) is 2.63. The lowest BCUT2D eigenvalue weighted by atomic mass is 10.1. The molecule has 0 saturated heterocycles. The first-order chi connectivity index (χ1) is 12.8. The summed E-state index contributed by atoms with van der Waals surface area (Å²) in [6, 6.07) is 7.58. The van der Waals surface area contributed by atoms with E-state index < -0.39 is 23.6 Å². The van der Waals surface area contributed by atoms with Gasteiger partial charge in [0, 0.05) is 12.1 Å². The summed E-state index contributed by atoms with van der Waals surface area (Å²) in [5.41, 5.74) is 0.991. The summed E-state index contributed by atoms with van der Waals surface area (Å²) >= 11 is 5.17. The second-order valence-electron chi connectivity index (χ2n) is 6.11. The van der Waals surface area contributed by atoms with Gasteiger partial charge in [0.2, 0.25) is 0 Å². The van der Waals surface area contributed by atoms with Crippen LogP contribution in [0.1, 0.15) is 35.8 Å². The van der Waals surface area contributed by atoms with Gasteiger partial charge in [-0.3, -0.25) is 14.2 Å². The van der Waals surface area contributed by atoms with E-state index in [1.807, 2.05) is 6.92 Å². The van der Waals surface area contributed by atoms with Gasteiger partial charge in [0.15, 0.2) is 16.4 Å². The second-order valence-corrected chi connectivity index (χ2v) is 6.50. The summed E-state index contributed by atoms with van der Waals surface area (Å²) in [6.07, 6.45) is 0. The van der Waals surface area contributed by atoms with Crippen LogP contribution in [0, 0.1) is 16.4 Å². The fourth-order valence-electron chi connectivity index (χ4n) is 2.83. The zero-order valence-electron chi connectivity index (χ0n) is 14.7.